The predicted octanol–water partition coefficient (Wildman–Crippen LogP) is 4.57. The molecule has 6 heterocycles. The van der Waals surface area contributed by atoms with Crippen LogP contribution in [0.25, 0.3) is 16.8 Å². The number of nitrogens with two attached hydrogens (primary N) is 2. The third kappa shape index (κ3) is 3.84. The predicted molar refractivity (Wildman–Crippen MR) is 153 cm³/mol. The molecular formula is C28H29ClN8OS. The number of anilines is 2. The van der Waals surface area contributed by atoms with E-state index in [1.807, 2.05) is 30.5 Å². The Balaban J connectivity index is 1.15. The second kappa shape index (κ2) is 8.66. The minimum Gasteiger partial charge on any atom is -0.384 e. The molecule has 5 aromatic heterocycles. The van der Waals surface area contributed by atoms with E-state index in [4.69, 9.17) is 38.0 Å². The minimum absolute atomic E-state index is 0.0295. The van der Waals surface area contributed by atoms with Crippen LogP contribution in [0.3, 0.4) is 0 Å². The normalized spacial score (nSPS) is 19.0. The minimum atomic E-state index is -0.971. The van der Waals surface area contributed by atoms with Gasteiger partial charge in [0.25, 0.3) is 0 Å². The summed E-state index contributed by atoms with van der Waals surface area (Å²) >= 11 is 7.92. The highest BCUT2D eigenvalue weighted by atomic mass is 35.5. The van der Waals surface area contributed by atoms with E-state index in [2.05, 4.69) is 20.4 Å². The zero-order chi connectivity index (χ0) is 27.1. The molecule has 5 N–H and O–H groups in total. The van der Waals surface area contributed by atoms with Gasteiger partial charge in [0.2, 0.25) is 0 Å². The topological polar surface area (TPSA) is 131 Å². The first kappa shape index (κ1) is 24.8. The average Bonchev–Trinajstić information content (AvgIpc) is 3.58. The molecule has 2 aliphatic rings. The summed E-state index contributed by atoms with van der Waals surface area (Å²) in [5.41, 5.74) is 17.3. The lowest BCUT2D eigenvalue weighted by atomic mass is 9.73. The Morgan fingerprint density at radius 2 is 1.87 bits per heavy atom. The summed E-state index contributed by atoms with van der Waals surface area (Å²) in [6.45, 7) is 5.25. The van der Waals surface area contributed by atoms with Crippen LogP contribution in [0.15, 0.2) is 52.5 Å². The van der Waals surface area contributed by atoms with Crippen molar-refractivity contribution in [2.75, 3.05) is 23.7 Å². The Hall–Kier alpha value is -3.18. The highest BCUT2D eigenvalue weighted by Crippen LogP contribution is 2.51. The Morgan fingerprint density at radius 3 is 2.64 bits per heavy atom. The molecule has 1 aliphatic heterocycles. The molecular weight excluding hydrogens is 532 g/mol. The molecule has 0 saturated carbocycles. The number of nitrogens with zero attached hydrogens (tertiary/aromatic N) is 6. The summed E-state index contributed by atoms with van der Waals surface area (Å²) in [4.78, 5) is 22.8. The Bertz CT molecular complexity index is 1720. The lowest BCUT2D eigenvalue weighted by Gasteiger charge is -2.42. The van der Waals surface area contributed by atoms with E-state index in [1.54, 1.807) is 20.0 Å². The molecule has 0 amide bonds. The van der Waals surface area contributed by atoms with Gasteiger partial charge in [-0.15, -0.1) is 0 Å². The van der Waals surface area contributed by atoms with E-state index in [0.29, 0.717) is 16.5 Å². The average molecular weight is 561 g/mol. The van der Waals surface area contributed by atoms with E-state index in [-0.39, 0.29) is 11.5 Å². The van der Waals surface area contributed by atoms with Gasteiger partial charge in [-0.1, -0.05) is 29.4 Å². The number of hydrogen-bond acceptors (Lipinski definition) is 9. The standard InChI is InChI=1S/C28H29ClN8OS/c1-27(2,38)20-5-3-15-16(34-20)13-28(23(15)30)8-11-36(12-9-28)25-17-14-33-26-19(4-6-21(35-25)37(17)26)39-18-7-10-32-24(31)22(18)29/h3-7,10,14,23,38H,8-9,11-13,30H2,1-2H3,(H2,31,32). The summed E-state index contributed by atoms with van der Waals surface area (Å²) in [6, 6.07) is 9.82. The van der Waals surface area contributed by atoms with Gasteiger partial charge < -0.3 is 21.5 Å². The van der Waals surface area contributed by atoms with Gasteiger partial charge in [-0.25, -0.2) is 15.0 Å². The first-order chi connectivity index (χ1) is 18.6. The number of piperidine rings is 1. The molecule has 1 spiro atoms. The Morgan fingerprint density at radius 1 is 1.08 bits per heavy atom. The zero-order valence-electron chi connectivity index (χ0n) is 21.7. The number of halogens is 1. The number of nitrogen functional groups attached to an aromatic ring is 1. The fourth-order valence-corrected chi connectivity index (χ4v) is 7.28. The molecule has 1 fully saturated rings. The summed E-state index contributed by atoms with van der Waals surface area (Å²) in [5, 5.41) is 10.9. The maximum atomic E-state index is 10.4. The summed E-state index contributed by atoms with van der Waals surface area (Å²) in [5.74, 6) is 1.27. The highest BCUT2D eigenvalue weighted by molar-refractivity contribution is 7.99. The largest absolute Gasteiger partial charge is 0.384 e. The third-order valence-corrected chi connectivity index (χ3v) is 9.96. The van der Waals surface area contributed by atoms with Crippen LogP contribution < -0.4 is 16.4 Å². The lowest BCUT2D eigenvalue weighted by molar-refractivity contribution is 0.0735. The van der Waals surface area contributed by atoms with Crippen molar-refractivity contribution in [2.24, 2.45) is 11.1 Å². The number of aliphatic hydroxyl groups is 1. The molecule has 0 radical (unpaired) electrons. The molecule has 1 saturated heterocycles. The van der Waals surface area contributed by atoms with Gasteiger partial charge in [-0.2, -0.15) is 0 Å². The van der Waals surface area contributed by atoms with Crippen molar-refractivity contribution < 1.29 is 5.11 Å². The van der Waals surface area contributed by atoms with Crippen molar-refractivity contribution in [1.82, 2.24) is 24.3 Å². The first-order valence-corrected chi connectivity index (χ1v) is 14.2. The van der Waals surface area contributed by atoms with Gasteiger partial charge in [-0.05, 0) is 68.4 Å². The maximum absolute atomic E-state index is 10.4. The fourth-order valence-electron chi connectivity index (χ4n) is 6.12. The van der Waals surface area contributed by atoms with Crippen molar-refractivity contribution in [3.8, 4) is 0 Å². The molecule has 200 valence electrons. The van der Waals surface area contributed by atoms with Crippen LogP contribution in [0, 0.1) is 5.41 Å². The number of aromatic nitrogens is 5. The lowest BCUT2D eigenvalue weighted by Crippen LogP contribution is -2.44. The van der Waals surface area contributed by atoms with Crippen LogP contribution in [0.2, 0.25) is 5.02 Å². The Labute approximate surface area is 235 Å². The second-order valence-electron chi connectivity index (χ2n) is 11.2. The van der Waals surface area contributed by atoms with Crippen LogP contribution in [0.4, 0.5) is 11.6 Å². The number of hydrogen-bond donors (Lipinski definition) is 3. The van der Waals surface area contributed by atoms with Gasteiger partial charge >= 0.3 is 0 Å². The highest BCUT2D eigenvalue weighted by Gasteiger charge is 2.47. The Kier molecular flexibility index (Phi) is 5.51. The van der Waals surface area contributed by atoms with E-state index < -0.39 is 5.60 Å². The summed E-state index contributed by atoms with van der Waals surface area (Å²) in [7, 11) is 0. The first-order valence-electron chi connectivity index (χ1n) is 13.1. The van der Waals surface area contributed by atoms with E-state index in [9.17, 15) is 5.11 Å². The van der Waals surface area contributed by atoms with Crippen molar-refractivity contribution >= 4 is 51.8 Å². The molecule has 39 heavy (non-hydrogen) atoms. The SMILES string of the molecule is CC(C)(O)c1ccc2c(n1)CC1(CCN(c3nc4ccc(Sc5ccnc(N)c5Cl)c5ncc3n45)CC1)C2N. The molecule has 9 nitrogen and oxygen atoms in total. The van der Waals surface area contributed by atoms with Crippen LogP contribution >= 0.6 is 23.4 Å². The van der Waals surface area contributed by atoms with Crippen LogP contribution in [0.1, 0.15) is 49.7 Å². The number of rotatable bonds is 4. The zero-order valence-corrected chi connectivity index (χ0v) is 23.3. The van der Waals surface area contributed by atoms with E-state index in [0.717, 1.165) is 76.0 Å². The van der Waals surface area contributed by atoms with Crippen molar-refractivity contribution in [3.05, 3.63) is 64.7 Å². The van der Waals surface area contributed by atoms with Crippen LogP contribution in [-0.4, -0.2) is 42.5 Å². The molecule has 1 atom stereocenters. The second-order valence-corrected chi connectivity index (χ2v) is 12.7. The fraction of sp³-hybridized carbons (Fsp3) is 0.357. The summed E-state index contributed by atoms with van der Waals surface area (Å²) < 4.78 is 2.11. The van der Waals surface area contributed by atoms with Gasteiger partial charge in [0.05, 0.1) is 21.8 Å². The molecule has 1 unspecified atom stereocenters. The smallest absolute Gasteiger partial charge is 0.157 e. The van der Waals surface area contributed by atoms with E-state index in [1.165, 1.54) is 11.8 Å². The molecule has 0 bridgehead atoms. The van der Waals surface area contributed by atoms with Crippen molar-refractivity contribution in [1.29, 1.82) is 0 Å². The molecule has 0 aromatic carbocycles. The maximum Gasteiger partial charge on any atom is 0.157 e. The van der Waals surface area contributed by atoms with Crippen LogP contribution in [0.5, 0.6) is 0 Å². The molecule has 7 rings (SSSR count). The number of imidazole rings is 2. The number of pyridine rings is 3. The monoisotopic (exact) mass is 560 g/mol. The van der Waals surface area contributed by atoms with E-state index >= 15 is 0 Å². The number of fused-ring (bicyclic) bond motifs is 1. The quantitative estimate of drug-likeness (QED) is 0.289. The van der Waals surface area contributed by atoms with Gasteiger partial charge in [0.1, 0.15) is 22.6 Å². The van der Waals surface area contributed by atoms with Crippen molar-refractivity contribution in [2.45, 2.75) is 54.5 Å². The summed E-state index contributed by atoms with van der Waals surface area (Å²) in [6.07, 6.45) is 6.30. The third-order valence-electron chi connectivity index (χ3n) is 8.35. The molecule has 1 aliphatic carbocycles. The molecule has 11 heteroatoms. The van der Waals surface area contributed by atoms with Crippen molar-refractivity contribution in [3.63, 3.8) is 0 Å². The van der Waals surface area contributed by atoms with Gasteiger partial charge in [0.15, 0.2) is 11.5 Å². The van der Waals surface area contributed by atoms with Crippen LogP contribution in [-0.2, 0) is 12.0 Å². The van der Waals surface area contributed by atoms with Gasteiger partial charge in [-0.3, -0.25) is 9.38 Å². The molecule has 5 aromatic rings. The van der Waals surface area contributed by atoms with Gasteiger partial charge in [0, 0.05) is 35.9 Å².